The molecule has 0 fully saturated rings. The second-order valence-corrected chi connectivity index (χ2v) is 9.75. The van der Waals surface area contributed by atoms with Gasteiger partial charge < -0.3 is 9.30 Å². The average Bonchev–Trinajstić information content (AvgIpc) is 3.24. The third-order valence-electron chi connectivity index (χ3n) is 5.26. The van der Waals surface area contributed by atoms with Crippen LogP contribution in [0.3, 0.4) is 0 Å². The van der Waals surface area contributed by atoms with Gasteiger partial charge in [-0.05, 0) is 66.6 Å². The van der Waals surface area contributed by atoms with Gasteiger partial charge >= 0.3 is 4.87 Å². The van der Waals surface area contributed by atoms with Gasteiger partial charge in [0.15, 0.2) is 0 Å². The van der Waals surface area contributed by atoms with Crippen molar-refractivity contribution in [1.82, 2.24) is 9.29 Å². The number of rotatable bonds is 6. The second-order valence-electron chi connectivity index (χ2n) is 6.99. The van der Waals surface area contributed by atoms with Crippen molar-refractivity contribution in [2.75, 3.05) is 13.7 Å². The number of hydrogen-bond acceptors (Lipinski definition) is 5. The van der Waals surface area contributed by atoms with Gasteiger partial charge in [0.25, 0.3) is 0 Å². The number of ether oxygens (including phenoxy) is 1. The summed E-state index contributed by atoms with van der Waals surface area (Å²) in [5.41, 5.74) is 4.42. The first-order chi connectivity index (χ1) is 13.4. The number of benzene rings is 2. The summed E-state index contributed by atoms with van der Waals surface area (Å²) in [6.07, 6.45) is 3.85. The molecule has 2 aromatic carbocycles. The predicted molar refractivity (Wildman–Crippen MR) is 111 cm³/mol. The van der Waals surface area contributed by atoms with Crippen molar-refractivity contribution in [1.29, 1.82) is 0 Å². The zero-order valence-electron chi connectivity index (χ0n) is 15.8. The van der Waals surface area contributed by atoms with E-state index in [1.807, 2.05) is 0 Å². The van der Waals surface area contributed by atoms with Crippen LogP contribution in [0.2, 0.25) is 0 Å². The molecular formula is C20H22N2O4S2. The third-order valence-corrected chi connectivity index (χ3v) is 7.71. The van der Waals surface area contributed by atoms with Crippen molar-refractivity contribution in [3.8, 4) is 5.75 Å². The van der Waals surface area contributed by atoms with E-state index in [2.05, 4.69) is 16.9 Å². The molecule has 0 amide bonds. The topological polar surface area (TPSA) is 77.4 Å². The van der Waals surface area contributed by atoms with Crippen LogP contribution in [0, 0.1) is 0 Å². The summed E-state index contributed by atoms with van der Waals surface area (Å²) in [6.45, 7) is 0.278. The molecule has 3 aromatic rings. The van der Waals surface area contributed by atoms with E-state index in [0.29, 0.717) is 11.1 Å². The normalized spacial score (nSPS) is 13.8. The Morgan fingerprint density at radius 2 is 1.93 bits per heavy atom. The molecule has 0 saturated carbocycles. The predicted octanol–water partition coefficient (Wildman–Crippen LogP) is 2.62. The molecule has 0 radical (unpaired) electrons. The molecular weight excluding hydrogens is 396 g/mol. The standard InChI is InChI=1S/C20H22N2O4S2/c1-22-17-7-6-16(12-19(17)27-20(22)23)28(24,25)21-9-8-15-10-13-4-3-5-14(13)11-18(15)26-2/h6-7,10-12,21H,3-5,8-9H2,1-2H3. The van der Waals surface area contributed by atoms with Crippen LogP contribution in [-0.4, -0.2) is 26.6 Å². The molecule has 0 unspecified atom stereocenters. The first-order valence-electron chi connectivity index (χ1n) is 9.17. The summed E-state index contributed by atoms with van der Waals surface area (Å²) in [5.74, 6) is 0.815. The summed E-state index contributed by atoms with van der Waals surface area (Å²) in [6, 6.07) is 8.98. The Morgan fingerprint density at radius 3 is 2.68 bits per heavy atom. The molecule has 148 valence electrons. The average molecular weight is 419 g/mol. The molecule has 0 spiro atoms. The maximum absolute atomic E-state index is 12.7. The van der Waals surface area contributed by atoms with Gasteiger partial charge in [-0.1, -0.05) is 17.4 Å². The van der Waals surface area contributed by atoms with Crippen LogP contribution in [0.1, 0.15) is 23.1 Å². The van der Waals surface area contributed by atoms with Gasteiger partial charge in [0.05, 0.1) is 22.2 Å². The summed E-state index contributed by atoms with van der Waals surface area (Å²) >= 11 is 1.04. The van der Waals surface area contributed by atoms with Crippen molar-refractivity contribution in [3.05, 3.63) is 56.7 Å². The molecule has 0 atom stereocenters. The first-order valence-corrected chi connectivity index (χ1v) is 11.5. The molecule has 1 aromatic heterocycles. The highest BCUT2D eigenvalue weighted by atomic mass is 32.2. The van der Waals surface area contributed by atoms with E-state index in [1.165, 1.54) is 21.8 Å². The van der Waals surface area contributed by atoms with Crippen LogP contribution in [0.4, 0.5) is 0 Å². The van der Waals surface area contributed by atoms with Gasteiger partial charge in [-0.3, -0.25) is 4.79 Å². The lowest BCUT2D eigenvalue weighted by Gasteiger charge is -2.12. The molecule has 4 rings (SSSR count). The molecule has 1 aliphatic carbocycles. The largest absolute Gasteiger partial charge is 0.496 e. The highest BCUT2D eigenvalue weighted by Crippen LogP contribution is 2.30. The number of hydrogen-bond donors (Lipinski definition) is 1. The minimum Gasteiger partial charge on any atom is -0.496 e. The number of aryl methyl sites for hydroxylation is 3. The number of methoxy groups -OCH3 is 1. The number of nitrogens with zero attached hydrogens (tertiary/aromatic N) is 1. The molecule has 0 saturated heterocycles. The minimum absolute atomic E-state index is 0.110. The molecule has 28 heavy (non-hydrogen) atoms. The van der Waals surface area contributed by atoms with Crippen LogP contribution >= 0.6 is 11.3 Å². The Bertz CT molecular complexity index is 1210. The molecule has 1 heterocycles. The molecule has 0 bridgehead atoms. The highest BCUT2D eigenvalue weighted by Gasteiger charge is 2.18. The summed E-state index contributed by atoms with van der Waals surface area (Å²) in [7, 11) is -0.330. The van der Waals surface area contributed by atoms with Crippen molar-refractivity contribution < 1.29 is 13.2 Å². The zero-order chi connectivity index (χ0) is 19.9. The van der Waals surface area contributed by atoms with Crippen LogP contribution in [0.25, 0.3) is 10.2 Å². The number of thiazole rings is 1. The Kier molecular flexibility index (Phi) is 5.03. The van der Waals surface area contributed by atoms with Crippen LogP contribution < -0.4 is 14.3 Å². The monoisotopic (exact) mass is 418 g/mol. The fraction of sp³-hybridized carbons (Fsp3) is 0.350. The fourth-order valence-electron chi connectivity index (χ4n) is 3.72. The number of aromatic nitrogens is 1. The lowest BCUT2D eigenvalue weighted by molar-refractivity contribution is 0.409. The van der Waals surface area contributed by atoms with E-state index in [4.69, 9.17) is 4.74 Å². The van der Waals surface area contributed by atoms with Gasteiger partial charge in [-0.2, -0.15) is 0 Å². The summed E-state index contributed by atoms with van der Waals surface area (Å²) in [4.78, 5) is 11.8. The van der Waals surface area contributed by atoms with E-state index < -0.39 is 10.0 Å². The molecule has 1 aliphatic rings. The summed E-state index contributed by atoms with van der Waals surface area (Å²) < 4.78 is 35.7. The van der Waals surface area contributed by atoms with E-state index >= 15 is 0 Å². The number of fused-ring (bicyclic) bond motifs is 2. The van der Waals surface area contributed by atoms with Gasteiger partial charge in [-0.15, -0.1) is 0 Å². The number of sulfonamides is 1. The summed E-state index contributed by atoms with van der Waals surface area (Å²) in [5, 5.41) is 0. The van der Waals surface area contributed by atoms with Gasteiger partial charge in [0.2, 0.25) is 10.0 Å². The Balaban J connectivity index is 1.51. The highest BCUT2D eigenvalue weighted by molar-refractivity contribution is 7.89. The second kappa shape index (κ2) is 7.35. The van der Waals surface area contributed by atoms with Gasteiger partial charge in [-0.25, -0.2) is 13.1 Å². The Hall–Kier alpha value is -2.16. The zero-order valence-corrected chi connectivity index (χ0v) is 17.5. The maximum atomic E-state index is 12.7. The van der Waals surface area contributed by atoms with Crippen LogP contribution in [0.15, 0.2) is 40.0 Å². The third kappa shape index (κ3) is 3.47. The number of nitrogens with one attached hydrogen (secondary N) is 1. The van der Waals surface area contributed by atoms with Gasteiger partial charge in [0.1, 0.15) is 5.75 Å². The quantitative estimate of drug-likeness (QED) is 0.668. The van der Waals surface area contributed by atoms with Crippen LogP contribution in [-0.2, 0) is 36.3 Å². The fourth-order valence-corrected chi connectivity index (χ4v) is 5.77. The molecule has 6 nitrogen and oxygen atoms in total. The van der Waals surface area contributed by atoms with Crippen LogP contribution in [0.5, 0.6) is 5.75 Å². The van der Waals surface area contributed by atoms with Crippen molar-refractivity contribution in [2.45, 2.75) is 30.6 Å². The van der Waals surface area contributed by atoms with E-state index in [9.17, 15) is 13.2 Å². The molecule has 8 heteroatoms. The van der Waals surface area contributed by atoms with E-state index in [-0.39, 0.29) is 16.3 Å². The van der Waals surface area contributed by atoms with Crippen molar-refractivity contribution >= 4 is 31.6 Å². The lowest BCUT2D eigenvalue weighted by Crippen LogP contribution is -2.26. The maximum Gasteiger partial charge on any atom is 0.307 e. The SMILES string of the molecule is COc1cc2c(cc1CCNS(=O)(=O)c1ccc3c(c1)sc(=O)n3C)CCC2. The molecule has 1 N–H and O–H groups in total. The minimum atomic E-state index is -3.65. The first kappa shape index (κ1) is 19.2. The van der Waals surface area contributed by atoms with Crippen molar-refractivity contribution in [2.24, 2.45) is 7.05 Å². The van der Waals surface area contributed by atoms with E-state index in [1.54, 1.807) is 26.3 Å². The smallest absolute Gasteiger partial charge is 0.307 e. The molecule has 0 aliphatic heterocycles. The Morgan fingerprint density at radius 1 is 1.18 bits per heavy atom. The van der Waals surface area contributed by atoms with Gasteiger partial charge in [0, 0.05) is 13.6 Å². The van der Waals surface area contributed by atoms with Crippen molar-refractivity contribution in [3.63, 3.8) is 0 Å². The van der Waals surface area contributed by atoms with E-state index in [0.717, 1.165) is 47.4 Å². The Labute approximate surface area is 167 Å². The lowest BCUT2D eigenvalue weighted by atomic mass is 10.0.